The monoisotopic (exact) mass is 299 g/mol. The van der Waals surface area contributed by atoms with E-state index < -0.39 is 5.54 Å². The number of allylic oxidation sites excluding steroid dienone is 1. The van der Waals surface area contributed by atoms with E-state index in [1.165, 1.54) is 0 Å². The fourth-order valence-electron chi connectivity index (χ4n) is 1.38. The Bertz CT molecular complexity index is 456. The average molecular weight is 300 g/mol. The first kappa shape index (κ1) is 14.0. The Morgan fingerprint density at radius 2 is 2.06 bits per heavy atom. The molecule has 0 saturated carbocycles. The highest BCUT2D eigenvalue weighted by Gasteiger charge is 2.25. The van der Waals surface area contributed by atoms with E-state index in [2.05, 4.69) is 26.3 Å². The molecule has 0 saturated heterocycles. The Balaban J connectivity index is 2.88. The Morgan fingerprint density at radius 1 is 1.47 bits per heavy atom. The number of halogens is 1. The Kier molecular flexibility index (Phi) is 4.14. The van der Waals surface area contributed by atoms with Crippen LogP contribution in [0.25, 0.3) is 0 Å². The van der Waals surface area contributed by atoms with Crippen molar-refractivity contribution in [1.82, 2.24) is 15.1 Å². The lowest BCUT2D eigenvalue weighted by Crippen LogP contribution is -2.41. The quantitative estimate of drug-likeness (QED) is 0.872. The Morgan fingerprint density at radius 3 is 2.47 bits per heavy atom. The first-order valence-corrected chi connectivity index (χ1v) is 6.18. The molecule has 17 heavy (non-hydrogen) atoms. The highest BCUT2D eigenvalue weighted by atomic mass is 79.9. The highest BCUT2D eigenvalue weighted by Crippen LogP contribution is 2.21. The number of hydrogen-bond donors (Lipinski definition) is 1. The van der Waals surface area contributed by atoms with Gasteiger partial charge in [-0.3, -0.25) is 9.48 Å². The largest absolute Gasteiger partial charge is 0.343 e. The van der Waals surface area contributed by atoms with Gasteiger partial charge < -0.3 is 5.32 Å². The summed E-state index contributed by atoms with van der Waals surface area (Å²) < 4.78 is 2.30. The zero-order valence-electron chi connectivity index (χ0n) is 10.8. The molecule has 0 aliphatic carbocycles. The van der Waals surface area contributed by atoms with Gasteiger partial charge in [0.15, 0.2) is 0 Å². The van der Waals surface area contributed by atoms with Gasteiger partial charge in [-0.25, -0.2) is 0 Å². The third-order valence-corrected chi connectivity index (χ3v) is 3.64. The predicted octanol–water partition coefficient (Wildman–Crippen LogP) is 2.46. The van der Waals surface area contributed by atoms with Crippen LogP contribution in [0.1, 0.15) is 33.3 Å². The van der Waals surface area contributed by atoms with Gasteiger partial charge in [0.05, 0.1) is 16.2 Å². The first-order valence-electron chi connectivity index (χ1n) is 5.38. The molecule has 1 rings (SSSR count). The lowest BCUT2D eigenvalue weighted by molar-refractivity contribution is -0.118. The van der Waals surface area contributed by atoms with Gasteiger partial charge in [0.2, 0.25) is 0 Å². The summed E-state index contributed by atoms with van der Waals surface area (Å²) >= 11 is 3.28. The average Bonchev–Trinajstić information content (AvgIpc) is 2.63. The molecule has 0 spiro atoms. The molecule has 1 aromatic heterocycles. The van der Waals surface area contributed by atoms with Crippen LogP contribution >= 0.6 is 15.9 Å². The fourth-order valence-corrected chi connectivity index (χ4v) is 1.48. The van der Waals surface area contributed by atoms with E-state index in [1.54, 1.807) is 10.9 Å². The van der Waals surface area contributed by atoms with E-state index in [9.17, 15) is 4.79 Å². The molecule has 1 aromatic rings. The van der Waals surface area contributed by atoms with Crippen molar-refractivity contribution in [3.8, 4) is 0 Å². The standard InChI is InChI=1S/C12H18BrN3O/c1-8(2)10(13)11(17)15-12(3,4)9-6-14-16(5)7-9/h6-7H,1-5H3,(H,15,17). The van der Waals surface area contributed by atoms with Crippen molar-refractivity contribution in [1.29, 1.82) is 0 Å². The van der Waals surface area contributed by atoms with E-state index >= 15 is 0 Å². The van der Waals surface area contributed by atoms with Crippen LogP contribution in [-0.2, 0) is 17.4 Å². The summed E-state index contributed by atoms with van der Waals surface area (Å²) in [5, 5.41) is 7.08. The Labute approximate surface area is 110 Å². The zero-order valence-corrected chi connectivity index (χ0v) is 12.4. The predicted molar refractivity (Wildman–Crippen MR) is 71.7 cm³/mol. The molecule has 0 aliphatic rings. The summed E-state index contributed by atoms with van der Waals surface area (Å²) in [5.74, 6) is -0.112. The van der Waals surface area contributed by atoms with Gasteiger partial charge in [0.25, 0.3) is 5.91 Å². The van der Waals surface area contributed by atoms with Gasteiger partial charge in [-0.1, -0.05) is 5.57 Å². The molecule has 0 atom stereocenters. The summed E-state index contributed by atoms with van der Waals surface area (Å²) in [6, 6.07) is 0. The second kappa shape index (κ2) is 5.04. The van der Waals surface area contributed by atoms with Crippen LogP contribution in [0.15, 0.2) is 22.4 Å². The number of hydrogen-bond acceptors (Lipinski definition) is 2. The minimum Gasteiger partial charge on any atom is -0.343 e. The number of amides is 1. The van der Waals surface area contributed by atoms with Crippen LogP contribution in [0.4, 0.5) is 0 Å². The second-order valence-electron chi connectivity index (χ2n) is 4.80. The van der Waals surface area contributed by atoms with Crippen molar-refractivity contribution in [3.05, 3.63) is 28.0 Å². The van der Waals surface area contributed by atoms with E-state index in [1.807, 2.05) is 40.9 Å². The lowest BCUT2D eigenvalue weighted by atomic mass is 9.97. The van der Waals surface area contributed by atoms with E-state index in [0.29, 0.717) is 4.48 Å². The van der Waals surface area contributed by atoms with Crippen molar-refractivity contribution < 1.29 is 4.79 Å². The molecule has 4 nitrogen and oxygen atoms in total. The number of nitrogens with one attached hydrogen (secondary N) is 1. The van der Waals surface area contributed by atoms with Crippen LogP contribution in [0.2, 0.25) is 0 Å². The molecule has 1 amide bonds. The number of nitrogens with zero attached hydrogens (tertiary/aromatic N) is 2. The van der Waals surface area contributed by atoms with Gasteiger partial charge in [0, 0.05) is 18.8 Å². The van der Waals surface area contributed by atoms with Crippen molar-refractivity contribution in [2.24, 2.45) is 7.05 Å². The molecule has 0 unspecified atom stereocenters. The molecule has 1 heterocycles. The maximum atomic E-state index is 11.9. The topological polar surface area (TPSA) is 46.9 Å². The smallest absolute Gasteiger partial charge is 0.258 e. The number of aryl methyl sites for hydroxylation is 1. The molecule has 1 N–H and O–H groups in total. The molecular formula is C12H18BrN3O. The summed E-state index contributed by atoms with van der Waals surface area (Å²) in [5.41, 5.74) is 1.48. The minimum atomic E-state index is -0.445. The van der Waals surface area contributed by atoms with Crippen LogP contribution in [0.5, 0.6) is 0 Å². The molecule has 94 valence electrons. The van der Waals surface area contributed by atoms with Gasteiger partial charge in [0.1, 0.15) is 0 Å². The molecule has 0 aliphatic heterocycles. The van der Waals surface area contributed by atoms with E-state index in [-0.39, 0.29) is 5.91 Å². The van der Waals surface area contributed by atoms with Gasteiger partial charge in [-0.05, 0) is 43.6 Å². The van der Waals surface area contributed by atoms with Gasteiger partial charge in [-0.15, -0.1) is 0 Å². The molecule has 0 bridgehead atoms. The van der Waals surface area contributed by atoms with Gasteiger partial charge in [-0.2, -0.15) is 5.10 Å². The molecule has 5 heteroatoms. The highest BCUT2D eigenvalue weighted by molar-refractivity contribution is 9.12. The third-order valence-electron chi connectivity index (χ3n) is 2.49. The summed E-state index contributed by atoms with van der Waals surface area (Å²) in [4.78, 5) is 11.9. The van der Waals surface area contributed by atoms with Crippen LogP contribution in [0, 0.1) is 0 Å². The first-order chi connectivity index (χ1) is 7.74. The van der Waals surface area contributed by atoms with Crippen LogP contribution in [0.3, 0.4) is 0 Å². The number of rotatable bonds is 3. The summed E-state index contributed by atoms with van der Waals surface area (Å²) in [6.07, 6.45) is 3.66. The van der Waals surface area contributed by atoms with Crippen LogP contribution in [-0.4, -0.2) is 15.7 Å². The van der Waals surface area contributed by atoms with Crippen molar-refractivity contribution in [2.45, 2.75) is 33.2 Å². The lowest BCUT2D eigenvalue weighted by Gasteiger charge is -2.25. The molecular weight excluding hydrogens is 282 g/mol. The number of carbonyl (C=O) groups is 1. The van der Waals surface area contributed by atoms with Crippen LogP contribution < -0.4 is 5.32 Å². The third kappa shape index (κ3) is 3.43. The molecule has 0 fully saturated rings. The zero-order chi connectivity index (χ0) is 13.2. The van der Waals surface area contributed by atoms with E-state index in [4.69, 9.17) is 0 Å². The summed E-state index contributed by atoms with van der Waals surface area (Å²) in [7, 11) is 1.85. The SMILES string of the molecule is CC(C)=C(Br)C(=O)NC(C)(C)c1cnn(C)c1. The minimum absolute atomic E-state index is 0.112. The Hall–Kier alpha value is -1.10. The molecule has 0 radical (unpaired) electrons. The fraction of sp³-hybridized carbons (Fsp3) is 0.500. The maximum absolute atomic E-state index is 11.9. The molecule has 0 aromatic carbocycles. The normalized spacial score (nSPS) is 11.2. The van der Waals surface area contributed by atoms with Crippen molar-refractivity contribution >= 4 is 21.8 Å². The number of carbonyl (C=O) groups excluding carboxylic acids is 1. The van der Waals surface area contributed by atoms with Gasteiger partial charge >= 0.3 is 0 Å². The summed E-state index contributed by atoms with van der Waals surface area (Å²) in [6.45, 7) is 7.68. The van der Waals surface area contributed by atoms with Crippen molar-refractivity contribution in [3.63, 3.8) is 0 Å². The second-order valence-corrected chi connectivity index (χ2v) is 5.59. The van der Waals surface area contributed by atoms with E-state index in [0.717, 1.165) is 11.1 Å². The maximum Gasteiger partial charge on any atom is 0.258 e. The number of aromatic nitrogens is 2. The van der Waals surface area contributed by atoms with Crippen molar-refractivity contribution in [2.75, 3.05) is 0 Å².